The lowest BCUT2D eigenvalue weighted by Crippen LogP contribution is -2.50. The van der Waals surface area contributed by atoms with Crippen molar-refractivity contribution in [2.24, 2.45) is 0 Å². The van der Waals surface area contributed by atoms with Crippen LogP contribution in [0.2, 0.25) is 0 Å². The van der Waals surface area contributed by atoms with Crippen LogP contribution in [-0.2, 0) is 21.2 Å². The summed E-state index contributed by atoms with van der Waals surface area (Å²) in [5.41, 5.74) is 1.25. The summed E-state index contributed by atoms with van der Waals surface area (Å²) < 4.78 is 49.3. The summed E-state index contributed by atoms with van der Waals surface area (Å²) in [7, 11) is -3.73. The van der Waals surface area contributed by atoms with Gasteiger partial charge >= 0.3 is 0 Å². The molecule has 1 aliphatic heterocycles. The molecule has 4 rings (SSSR count). The Morgan fingerprint density at radius 1 is 1.04 bits per heavy atom. The summed E-state index contributed by atoms with van der Waals surface area (Å²) in [5.74, 6) is -0.630. The third-order valence-electron chi connectivity index (χ3n) is 4.76. The molecule has 0 spiro atoms. The highest BCUT2D eigenvalue weighted by atomic mass is 32.2. The van der Waals surface area contributed by atoms with Crippen molar-refractivity contribution in [3.8, 4) is 0 Å². The first-order valence-electron chi connectivity index (χ1n) is 8.69. The van der Waals surface area contributed by atoms with E-state index < -0.39 is 15.8 Å². The van der Waals surface area contributed by atoms with Gasteiger partial charge in [-0.15, -0.1) is 0 Å². The largest absolute Gasteiger partial charge is 0.340 e. The van der Waals surface area contributed by atoms with E-state index in [0.29, 0.717) is 16.6 Å². The molecule has 2 aromatic carbocycles. The van der Waals surface area contributed by atoms with E-state index in [1.165, 1.54) is 16.4 Å². The normalized spacial score (nSPS) is 15.8. The minimum Gasteiger partial charge on any atom is -0.340 e. The van der Waals surface area contributed by atoms with Gasteiger partial charge in [0.25, 0.3) is 0 Å². The van der Waals surface area contributed by atoms with Crippen LogP contribution in [0.5, 0.6) is 0 Å². The fraction of sp³-hybridized carbons (Fsp3) is 0.278. The quantitative estimate of drug-likeness (QED) is 0.644. The summed E-state index contributed by atoms with van der Waals surface area (Å²) in [6.07, 6.45) is -0.0385. The van der Waals surface area contributed by atoms with Crippen LogP contribution < -0.4 is 0 Å². The molecule has 1 amide bonds. The van der Waals surface area contributed by atoms with Gasteiger partial charge in [-0.1, -0.05) is 24.3 Å². The van der Waals surface area contributed by atoms with Gasteiger partial charge in [-0.05, 0) is 23.8 Å². The van der Waals surface area contributed by atoms with E-state index in [0.717, 1.165) is 11.7 Å². The highest BCUT2D eigenvalue weighted by Gasteiger charge is 2.32. The Morgan fingerprint density at radius 2 is 1.79 bits per heavy atom. The number of benzene rings is 2. The van der Waals surface area contributed by atoms with Gasteiger partial charge in [0, 0.05) is 26.2 Å². The molecule has 0 atom stereocenters. The standard InChI is InChI=1S/C18H17FN4O3S2/c19-14-5-2-1-4-13(14)12-17(24)22-8-10-23(11-9-22)28(25,26)16-7-3-6-15-18(16)21-27-20-15/h1-7H,8-12H2. The third kappa shape index (κ3) is 3.50. The van der Waals surface area contributed by atoms with E-state index in [1.54, 1.807) is 35.2 Å². The second-order valence-electron chi connectivity index (χ2n) is 6.44. The molecule has 10 heteroatoms. The number of aromatic nitrogens is 2. The van der Waals surface area contributed by atoms with Gasteiger partial charge in [0.1, 0.15) is 21.7 Å². The van der Waals surface area contributed by atoms with Crippen molar-refractivity contribution < 1.29 is 17.6 Å². The molecule has 1 aliphatic rings. The van der Waals surface area contributed by atoms with Crippen molar-refractivity contribution in [1.29, 1.82) is 0 Å². The number of halogens is 1. The zero-order valence-corrected chi connectivity index (χ0v) is 16.4. The van der Waals surface area contributed by atoms with Gasteiger partial charge in [0.2, 0.25) is 15.9 Å². The Kier molecular flexibility index (Phi) is 5.09. The number of fused-ring (bicyclic) bond motifs is 1. The van der Waals surface area contributed by atoms with Crippen LogP contribution >= 0.6 is 11.7 Å². The lowest BCUT2D eigenvalue weighted by molar-refractivity contribution is -0.131. The number of piperazine rings is 1. The summed E-state index contributed by atoms with van der Waals surface area (Å²) >= 11 is 0.970. The van der Waals surface area contributed by atoms with Crippen molar-refractivity contribution in [2.75, 3.05) is 26.2 Å². The number of hydrogen-bond donors (Lipinski definition) is 0. The monoisotopic (exact) mass is 420 g/mol. The van der Waals surface area contributed by atoms with E-state index in [1.807, 2.05) is 0 Å². The molecule has 2 heterocycles. The third-order valence-corrected chi connectivity index (χ3v) is 7.23. The molecule has 0 unspecified atom stereocenters. The number of carbonyl (C=O) groups is 1. The van der Waals surface area contributed by atoms with E-state index >= 15 is 0 Å². The number of sulfonamides is 1. The Balaban J connectivity index is 1.46. The zero-order chi connectivity index (χ0) is 19.7. The molecule has 1 aromatic heterocycles. The lowest BCUT2D eigenvalue weighted by Gasteiger charge is -2.34. The molecule has 28 heavy (non-hydrogen) atoms. The van der Waals surface area contributed by atoms with Crippen molar-refractivity contribution in [3.05, 3.63) is 53.8 Å². The van der Waals surface area contributed by atoms with Crippen LogP contribution in [0.1, 0.15) is 5.56 Å². The highest BCUT2D eigenvalue weighted by Crippen LogP contribution is 2.25. The van der Waals surface area contributed by atoms with Crippen LogP contribution in [0, 0.1) is 5.82 Å². The SMILES string of the molecule is O=C(Cc1ccccc1F)N1CCN(S(=O)(=O)c2cccc3nsnc23)CC1. The molecule has 0 aliphatic carbocycles. The van der Waals surface area contributed by atoms with Gasteiger partial charge in [-0.25, -0.2) is 12.8 Å². The van der Waals surface area contributed by atoms with Crippen LogP contribution in [-0.4, -0.2) is 58.5 Å². The Labute approximate surface area is 165 Å². The van der Waals surface area contributed by atoms with Crippen LogP contribution in [0.25, 0.3) is 11.0 Å². The zero-order valence-electron chi connectivity index (χ0n) is 14.8. The summed E-state index contributed by atoms with van der Waals surface area (Å²) in [6, 6.07) is 11.0. The highest BCUT2D eigenvalue weighted by molar-refractivity contribution is 7.89. The topological polar surface area (TPSA) is 83.5 Å². The minimum atomic E-state index is -3.73. The maximum Gasteiger partial charge on any atom is 0.245 e. The fourth-order valence-corrected chi connectivity index (χ4v) is 5.40. The maximum atomic E-state index is 13.8. The predicted octanol–water partition coefficient (Wildman–Crippen LogP) is 1.91. The maximum absolute atomic E-state index is 13.8. The summed E-state index contributed by atoms with van der Waals surface area (Å²) in [5, 5.41) is 0. The molecule has 3 aromatic rings. The van der Waals surface area contributed by atoms with Gasteiger partial charge in [-0.2, -0.15) is 13.1 Å². The van der Waals surface area contributed by atoms with Crippen LogP contribution in [0.4, 0.5) is 4.39 Å². The van der Waals surface area contributed by atoms with E-state index in [-0.39, 0.29) is 43.4 Å². The molecule has 0 N–H and O–H groups in total. The van der Waals surface area contributed by atoms with Gasteiger partial charge < -0.3 is 4.90 Å². The smallest absolute Gasteiger partial charge is 0.245 e. The second-order valence-corrected chi connectivity index (χ2v) is 8.88. The average molecular weight is 420 g/mol. The number of amides is 1. The minimum absolute atomic E-state index is 0.0385. The molecule has 0 radical (unpaired) electrons. The van der Waals surface area contributed by atoms with Crippen molar-refractivity contribution in [1.82, 2.24) is 18.0 Å². The van der Waals surface area contributed by atoms with Crippen molar-refractivity contribution in [2.45, 2.75) is 11.3 Å². The summed E-state index contributed by atoms with van der Waals surface area (Å²) in [6.45, 7) is 0.883. The van der Waals surface area contributed by atoms with E-state index in [9.17, 15) is 17.6 Å². The van der Waals surface area contributed by atoms with Gasteiger partial charge in [0.05, 0.1) is 18.1 Å². The van der Waals surface area contributed by atoms with Crippen LogP contribution in [0.15, 0.2) is 47.4 Å². The van der Waals surface area contributed by atoms with Crippen molar-refractivity contribution >= 4 is 38.7 Å². The van der Waals surface area contributed by atoms with Crippen LogP contribution in [0.3, 0.4) is 0 Å². The lowest BCUT2D eigenvalue weighted by atomic mass is 10.1. The molecular weight excluding hydrogens is 403 g/mol. The predicted molar refractivity (Wildman–Crippen MR) is 103 cm³/mol. The first-order chi connectivity index (χ1) is 13.5. The average Bonchev–Trinajstić information content (AvgIpc) is 3.18. The number of nitrogens with zero attached hydrogens (tertiary/aromatic N) is 4. The van der Waals surface area contributed by atoms with Gasteiger partial charge in [-0.3, -0.25) is 4.79 Å². The van der Waals surface area contributed by atoms with E-state index in [2.05, 4.69) is 8.75 Å². The number of hydrogen-bond acceptors (Lipinski definition) is 6. The molecule has 0 bridgehead atoms. The molecule has 1 fully saturated rings. The first-order valence-corrected chi connectivity index (χ1v) is 10.9. The number of carbonyl (C=O) groups excluding carboxylic acids is 1. The molecule has 0 saturated carbocycles. The number of rotatable bonds is 4. The molecule has 7 nitrogen and oxygen atoms in total. The Bertz CT molecular complexity index is 1120. The molecule has 1 saturated heterocycles. The fourth-order valence-electron chi connectivity index (χ4n) is 3.22. The second kappa shape index (κ2) is 7.53. The van der Waals surface area contributed by atoms with Crippen molar-refractivity contribution in [3.63, 3.8) is 0 Å². The van der Waals surface area contributed by atoms with Gasteiger partial charge in [0.15, 0.2) is 0 Å². The Hall–Kier alpha value is -2.43. The molecule has 146 valence electrons. The summed E-state index contributed by atoms with van der Waals surface area (Å²) in [4.78, 5) is 14.2. The Morgan fingerprint density at radius 3 is 2.54 bits per heavy atom. The first kappa shape index (κ1) is 18.9. The molecular formula is C18H17FN4O3S2. The van der Waals surface area contributed by atoms with E-state index in [4.69, 9.17) is 0 Å².